The van der Waals surface area contributed by atoms with Crippen molar-refractivity contribution in [3.05, 3.63) is 41.6 Å². The Kier molecular flexibility index (Phi) is 3.72. The molecule has 1 heterocycles. The summed E-state index contributed by atoms with van der Waals surface area (Å²) in [6.07, 6.45) is 1.23. The van der Waals surface area contributed by atoms with Gasteiger partial charge in [0.05, 0.1) is 5.52 Å². The van der Waals surface area contributed by atoms with Gasteiger partial charge in [-0.1, -0.05) is 6.07 Å². The minimum atomic E-state index is 0.0683. The number of hydrogen-bond acceptors (Lipinski definition) is 3. The van der Waals surface area contributed by atoms with Crippen LogP contribution in [0.2, 0.25) is 0 Å². The molecular formula is C15H18N2O. The number of pyridine rings is 1. The Morgan fingerprint density at radius 3 is 2.83 bits per heavy atom. The Morgan fingerprint density at radius 1 is 1.33 bits per heavy atom. The Hall–Kier alpha value is -1.74. The molecule has 94 valence electrons. The predicted octanol–water partition coefficient (Wildman–Crippen LogP) is 2.85. The molecule has 1 aromatic heterocycles. The van der Waals surface area contributed by atoms with E-state index < -0.39 is 0 Å². The molecule has 3 heteroatoms. The van der Waals surface area contributed by atoms with Crippen LogP contribution >= 0.6 is 0 Å². The maximum Gasteiger partial charge on any atom is 0.162 e. The highest BCUT2D eigenvalue weighted by atomic mass is 16.1. The summed E-state index contributed by atoms with van der Waals surface area (Å²) < 4.78 is 0. The number of aromatic nitrogens is 1. The number of hydrogen-bond donors (Lipinski definition) is 1. The van der Waals surface area contributed by atoms with Crippen molar-refractivity contribution in [3.63, 3.8) is 0 Å². The second kappa shape index (κ2) is 5.27. The highest BCUT2D eigenvalue weighted by Crippen LogP contribution is 2.16. The predicted molar refractivity (Wildman–Crippen MR) is 73.7 cm³/mol. The molecule has 0 bridgehead atoms. The summed E-state index contributed by atoms with van der Waals surface area (Å²) in [4.78, 5) is 16.4. The normalized spacial score (nSPS) is 12.6. The molecule has 1 aromatic carbocycles. The van der Waals surface area contributed by atoms with Crippen LogP contribution in [0.3, 0.4) is 0 Å². The highest BCUT2D eigenvalue weighted by molar-refractivity contribution is 5.99. The van der Waals surface area contributed by atoms with Gasteiger partial charge in [-0.25, -0.2) is 0 Å². The summed E-state index contributed by atoms with van der Waals surface area (Å²) in [5, 5.41) is 1.01. The SMILES string of the molecule is Cc1ccc2cc(C(=O)CCC(C)N)ccc2n1. The quantitative estimate of drug-likeness (QED) is 0.839. The first-order valence-electron chi connectivity index (χ1n) is 6.22. The van der Waals surface area contributed by atoms with Crippen LogP contribution in [0.5, 0.6) is 0 Å². The minimum Gasteiger partial charge on any atom is -0.328 e. The molecule has 0 aliphatic rings. The van der Waals surface area contributed by atoms with Crippen LogP contribution in [0.4, 0.5) is 0 Å². The lowest BCUT2D eigenvalue weighted by molar-refractivity contribution is 0.0978. The topological polar surface area (TPSA) is 56.0 Å². The van der Waals surface area contributed by atoms with E-state index in [1.807, 2.05) is 44.2 Å². The lowest BCUT2D eigenvalue weighted by Crippen LogP contribution is -2.16. The van der Waals surface area contributed by atoms with Gasteiger partial charge in [0.15, 0.2) is 5.78 Å². The maximum atomic E-state index is 12.0. The number of nitrogens with zero attached hydrogens (tertiary/aromatic N) is 1. The minimum absolute atomic E-state index is 0.0683. The summed E-state index contributed by atoms with van der Waals surface area (Å²) in [7, 11) is 0. The van der Waals surface area contributed by atoms with Gasteiger partial charge in [0.25, 0.3) is 0 Å². The van der Waals surface area contributed by atoms with E-state index in [2.05, 4.69) is 4.98 Å². The third kappa shape index (κ3) is 2.93. The van der Waals surface area contributed by atoms with Crippen molar-refractivity contribution in [3.8, 4) is 0 Å². The van der Waals surface area contributed by atoms with Gasteiger partial charge in [0.2, 0.25) is 0 Å². The number of nitrogens with two attached hydrogens (primary N) is 1. The first-order valence-corrected chi connectivity index (χ1v) is 6.22. The van der Waals surface area contributed by atoms with Gasteiger partial charge < -0.3 is 5.73 Å². The Labute approximate surface area is 107 Å². The lowest BCUT2D eigenvalue weighted by atomic mass is 10.0. The molecule has 18 heavy (non-hydrogen) atoms. The average molecular weight is 242 g/mol. The monoisotopic (exact) mass is 242 g/mol. The molecule has 0 aliphatic carbocycles. The number of aryl methyl sites for hydroxylation is 1. The number of carbonyl (C=O) groups excluding carboxylic acids is 1. The van der Waals surface area contributed by atoms with Crippen molar-refractivity contribution in [2.45, 2.75) is 32.7 Å². The first kappa shape index (κ1) is 12.7. The Morgan fingerprint density at radius 2 is 2.11 bits per heavy atom. The zero-order valence-electron chi connectivity index (χ0n) is 10.8. The van der Waals surface area contributed by atoms with Crippen molar-refractivity contribution < 1.29 is 4.79 Å². The summed E-state index contributed by atoms with van der Waals surface area (Å²) in [6, 6.07) is 9.68. The van der Waals surface area contributed by atoms with Gasteiger partial charge in [0.1, 0.15) is 0 Å². The number of rotatable bonds is 4. The molecule has 0 saturated carbocycles. The number of fused-ring (bicyclic) bond motifs is 1. The van der Waals surface area contributed by atoms with Crippen molar-refractivity contribution in [1.82, 2.24) is 4.98 Å². The third-order valence-corrected chi connectivity index (χ3v) is 2.98. The fraction of sp³-hybridized carbons (Fsp3) is 0.333. The molecule has 2 aromatic rings. The molecule has 3 nitrogen and oxygen atoms in total. The average Bonchev–Trinajstić information content (AvgIpc) is 2.35. The molecule has 0 saturated heterocycles. The van der Waals surface area contributed by atoms with Gasteiger partial charge in [0, 0.05) is 29.1 Å². The maximum absolute atomic E-state index is 12.0. The number of carbonyl (C=O) groups is 1. The number of Topliss-reactive ketones (excluding diaryl/α,β-unsaturated/α-hetero) is 1. The van der Waals surface area contributed by atoms with E-state index >= 15 is 0 Å². The molecule has 0 fully saturated rings. The second-order valence-electron chi connectivity index (χ2n) is 4.80. The standard InChI is InChI=1S/C15H18N2O/c1-10(16)3-8-15(18)13-6-7-14-12(9-13)5-4-11(2)17-14/h4-7,9-10H,3,8,16H2,1-2H3. The first-order chi connectivity index (χ1) is 8.56. The molecule has 0 aliphatic heterocycles. The lowest BCUT2D eigenvalue weighted by Gasteiger charge is -2.05. The van der Waals surface area contributed by atoms with Crippen LogP contribution in [0.1, 0.15) is 35.8 Å². The molecular weight excluding hydrogens is 224 g/mol. The molecule has 2 N–H and O–H groups in total. The van der Waals surface area contributed by atoms with Gasteiger partial charge in [-0.3, -0.25) is 9.78 Å². The summed E-state index contributed by atoms with van der Waals surface area (Å²) in [5.74, 6) is 0.148. The van der Waals surface area contributed by atoms with Gasteiger partial charge in [-0.05, 0) is 44.5 Å². The molecule has 2 rings (SSSR count). The van der Waals surface area contributed by atoms with Crippen molar-refractivity contribution in [1.29, 1.82) is 0 Å². The zero-order valence-corrected chi connectivity index (χ0v) is 10.8. The van der Waals surface area contributed by atoms with Gasteiger partial charge in [-0.2, -0.15) is 0 Å². The number of ketones is 1. The van der Waals surface area contributed by atoms with E-state index in [1.165, 1.54) is 0 Å². The van der Waals surface area contributed by atoms with Crippen LogP contribution < -0.4 is 5.73 Å². The fourth-order valence-electron chi connectivity index (χ4n) is 1.90. The Balaban J connectivity index is 2.24. The van der Waals surface area contributed by atoms with Crippen LogP contribution in [0.15, 0.2) is 30.3 Å². The molecule has 0 amide bonds. The van der Waals surface area contributed by atoms with E-state index in [-0.39, 0.29) is 11.8 Å². The van der Waals surface area contributed by atoms with E-state index in [0.717, 1.165) is 28.6 Å². The van der Waals surface area contributed by atoms with Crippen LogP contribution in [-0.2, 0) is 0 Å². The molecule has 0 radical (unpaired) electrons. The van der Waals surface area contributed by atoms with E-state index in [4.69, 9.17) is 5.73 Å². The zero-order chi connectivity index (χ0) is 13.1. The molecule has 0 spiro atoms. The highest BCUT2D eigenvalue weighted by Gasteiger charge is 2.08. The smallest absolute Gasteiger partial charge is 0.162 e. The second-order valence-corrected chi connectivity index (χ2v) is 4.80. The van der Waals surface area contributed by atoms with Crippen LogP contribution in [0.25, 0.3) is 10.9 Å². The van der Waals surface area contributed by atoms with E-state index in [9.17, 15) is 4.79 Å². The largest absolute Gasteiger partial charge is 0.328 e. The van der Waals surface area contributed by atoms with Gasteiger partial charge >= 0.3 is 0 Å². The van der Waals surface area contributed by atoms with Crippen LogP contribution in [-0.4, -0.2) is 16.8 Å². The summed E-state index contributed by atoms with van der Waals surface area (Å²) in [6.45, 7) is 3.88. The van der Waals surface area contributed by atoms with Crippen LogP contribution in [0, 0.1) is 6.92 Å². The van der Waals surface area contributed by atoms with Crippen molar-refractivity contribution in [2.75, 3.05) is 0 Å². The molecule has 1 atom stereocenters. The third-order valence-electron chi connectivity index (χ3n) is 2.98. The van der Waals surface area contributed by atoms with Crippen molar-refractivity contribution in [2.24, 2.45) is 5.73 Å². The summed E-state index contributed by atoms with van der Waals surface area (Å²) in [5.41, 5.74) is 8.32. The van der Waals surface area contributed by atoms with E-state index in [0.29, 0.717) is 6.42 Å². The van der Waals surface area contributed by atoms with E-state index in [1.54, 1.807) is 0 Å². The summed E-state index contributed by atoms with van der Waals surface area (Å²) >= 11 is 0. The fourth-order valence-corrected chi connectivity index (χ4v) is 1.90. The van der Waals surface area contributed by atoms with Crippen molar-refractivity contribution >= 4 is 16.7 Å². The Bertz CT molecular complexity index is 576. The van der Waals surface area contributed by atoms with Gasteiger partial charge in [-0.15, -0.1) is 0 Å². The number of benzene rings is 1. The molecule has 1 unspecified atom stereocenters.